The highest BCUT2D eigenvalue weighted by Gasteiger charge is 2.30. The molecule has 3 N–H and O–H groups in total. The van der Waals surface area contributed by atoms with Gasteiger partial charge in [0.2, 0.25) is 0 Å². The van der Waals surface area contributed by atoms with Gasteiger partial charge in [-0.25, -0.2) is 0 Å². The lowest BCUT2D eigenvalue weighted by Crippen LogP contribution is -2.39. The van der Waals surface area contributed by atoms with Gasteiger partial charge in [-0.3, -0.25) is 0 Å². The lowest BCUT2D eigenvalue weighted by Gasteiger charge is -2.28. The zero-order chi connectivity index (χ0) is 13.1. The van der Waals surface area contributed by atoms with Crippen molar-refractivity contribution in [3.8, 4) is 0 Å². The van der Waals surface area contributed by atoms with Gasteiger partial charge >= 0.3 is 0 Å². The van der Waals surface area contributed by atoms with Crippen LogP contribution in [0.15, 0.2) is 24.3 Å². The second-order valence-electron chi connectivity index (χ2n) is 5.30. The number of aliphatic hydroxyl groups is 1. The Balaban J connectivity index is 0.00000180. The Hall–Kier alpha value is -0.970. The highest BCUT2D eigenvalue weighted by atomic mass is 35.5. The summed E-state index contributed by atoms with van der Waals surface area (Å²) in [4.78, 5) is 4.49. The lowest BCUT2D eigenvalue weighted by molar-refractivity contribution is 0.128. The molecule has 0 aromatic heterocycles. The minimum absolute atomic E-state index is 0. The van der Waals surface area contributed by atoms with E-state index in [0.29, 0.717) is 5.92 Å². The molecule has 19 heavy (non-hydrogen) atoms. The summed E-state index contributed by atoms with van der Waals surface area (Å²) in [6.45, 7) is 2.29. The molecular formula is C14H24ClN3O. The van der Waals surface area contributed by atoms with Gasteiger partial charge < -0.3 is 20.6 Å². The van der Waals surface area contributed by atoms with Crippen molar-refractivity contribution < 1.29 is 5.11 Å². The first-order valence-corrected chi connectivity index (χ1v) is 6.49. The van der Waals surface area contributed by atoms with Crippen LogP contribution in [0.2, 0.25) is 0 Å². The van der Waals surface area contributed by atoms with Gasteiger partial charge in [-0.2, -0.15) is 0 Å². The summed E-state index contributed by atoms with van der Waals surface area (Å²) < 4.78 is 0. The molecule has 4 nitrogen and oxygen atoms in total. The summed E-state index contributed by atoms with van der Waals surface area (Å²) in [5, 5.41) is 9.47. The second-order valence-corrected chi connectivity index (χ2v) is 5.30. The van der Waals surface area contributed by atoms with Gasteiger partial charge in [-0.1, -0.05) is 0 Å². The van der Waals surface area contributed by atoms with E-state index in [1.807, 2.05) is 26.2 Å². The number of anilines is 2. The van der Waals surface area contributed by atoms with Crippen LogP contribution >= 0.6 is 12.4 Å². The monoisotopic (exact) mass is 285 g/mol. The van der Waals surface area contributed by atoms with Gasteiger partial charge in [0.05, 0.1) is 6.61 Å². The van der Waals surface area contributed by atoms with Crippen molar-refractivity contribution in [2.75, 3.05) is 44.4 Å². The molecule has 1 fully saturated rings. The highest BCUT2D eigenvalue weighted by molar-refractivity contribution is 5.85. The van der Waals surface area contributed by atoms with E-state index in [2.05, 4.69) is 21.9 Å². The van der Waals surface area contributed by atoms with Gasteiger partial charge in [0, 0.05) is 30.5 Å². The first-order valence-electron chi connectivity index (χ1n) is 6.49. The van der Waals surface area contributed by atoms with E-state index >= 15 is 0 Å². The van der Waals surface area contributed by atoms with E-state index in [9.17, 15) is 5.11 Å². The number of nitrogens with zero attached hydrogens (tertiary/aromatic N) is 2. The fourth-order valence-electron chi connectivity index (χ4n) is 2.76. The van der Waals surface area contributed by atoms with E-state index in [1.165, 1.54) is 5.69 Å². The number of rotatable bonds is 4. The third-order valence-electron chi connectivity index (χ3n) is 3.88. The molecule has 0 bridgehead atoms. The summed E-state index contributed by atoms with van der Waals surface area (Å²) in [6.07, 6.45) is 1.13. The van der Waals surface area contributed by atoms with Crippen LogP contribution in [-0.2, 0) is 0 Å². The number of aliphatic hydroxyl groups excluding tert-OH is 1. The van der Waals surface area contributed by atoms with Crippen LogP contribution in [0.1, 0.15) is 6.42 Å². The SMILES string of the molecule is CN(C)C(CO)C1CCN(c2ccc(N)cc2)C1.Cl. The summed E-state index contributed by atoms with van der Waals surface area (Å²) in [5.74, 6) is 0.530. The van der Waals surface area contributed by atoms with Gasteiger partial charge in [0.15, 0.2) is 0 Å². The van der Waals surface area contributed by atoms with Crippen LogP contribution in [-0.4, -0.2) is 49.8 Å². The third-order valence-corrected chi connectivity index (χ3v) is 3.88. The third kappa shape index (κ3) is 3.75. The Kier molecular flexibility index (Phi) is 5.91. The molecule has 0 saturated carbocycles. The summed E-state index contributed by atoms with van der Waals surface area (Å²) in [7, 11) is 4.07. The smallest absolute Gasteiger partial charge is 0.0590 e. The maximum atomic E-state index is 9.47. The van der Waals surface area contributed by atoms with Crippen molar-refractivity contribution >= 4 is 23.8 Å². The molecule has 2 unspecified atom stereocenters. The molecule has 0 radical (unpaired) electrons. The van der Waals surface area contributed by atoms with Gasteiger partial charge in [-0.15, -0.1) is 12.4 Å². The Morgan fingerprint density at radius 1 is 1.37 bits per heavy atom. The molecule has 1 aliphatic heterocycles. The number of hydrogen-bond acceptors (Lipinski definition) is 4. The van der Waals surface area contributed by atoms with Gasteiger partial charge in [-0.05, 0) is 50.7 Å². The van der Waals surface area contributed by atoms with E-state index in [4.69, 9.17) is 5.73 Å². The predicted molar refractivity (Wildman–Crippen MR) is 83.0 cm³/mol. The molecule has 1 aromatic rings. The van der Waals surface area contributed by atoms with E-state index < -0.39 is 0 Å². The zero-order valence-electron chi connectivity index (χ0n) is 11.6. The van der Waals surface area contributed by atoms with Crippen molar-refractivity contribution in [2.24, 2.45) is 5.92 Å². The fraction of sp³-hybridized carbons (Fsp3) is 0.571. The van der Waals surface area contributed by atoms with E-state index in [-0.39, 0.29) is 25.1 Å². The maximum absolute atomic E-state index is 9.47. The molecule has 5 heteroatoms. The largest absolute Gasteiger partial charge is 0.399 e. The second kappa shape index (κ2) is 6.98. The first kappa shape index (κ1) is 16.1. The maximum Gasteiger partial charge on any atom is 0.0590 e. The van der Waals surface area contributed by atoms with Crippen LogP contribution in [0.3, 0.4) is 0 Å². The standard InChI is InChI=1S/C14H23N3O.ClH/c1-16(2)14(10-18)11-7-8-17(9-11)13-5-3-12(15)4-6-13;/h3-6,11,14,18H,7-10,15H2,1-2H3;1H. The Bertz CT molecular complexity index is 383. The van der Waals surface area contributed by atoms with Crippen LogP contribution in [0, 0.1) is 5.92 Å². The number of benzene rings is 1. The van der Waals surface area contributed by atoms with E-state index in [1.54, 1.807) is 0 Å². The average Bonchev–Trinajstić information content (AvgIpc) is 2.80. The fourth-order valence-corrected chi connectivity index (χ4v) is 2.76. The van der Waals surface area contributed by atoms with Gasteiger partial charge in [0.1, 0.15) is 0 Å². The predicted octanol–water partition coefficient (Wildman–Crippen LogP) is 1.44. The number of hydrogen-bond donors (Lipinski definition) is 2. The Morgan fingerprint density at radius 2 is 2.00 bits per heavy atom. The molecule has 0 aliphatic carbocycles. The number of nitrogens with two attached hydrogens (primary N) is 1. The topological polar surface area (TPSA) is 52.7 Å². The average molecular weight is 286 g/mol. The van der Waals surface area contributed by atoms with Gasteiger partial charge in [0.25, 0.3) is 0 Å². The van der Waals surface area contributed by atoms with Crippen molar-refractivity contribution in [3.63, 3.8) is 0 Å². The van der Waals surface area contributed by atoms with Crippen LogP contribution in [0.4, 0.5) is 11.4 Å². The Labute approximate surface area is 121 Å². The molecule has 1 heterocycles. The summed E-state index contributed by atoms with van der Waals surface area (Å²) in [5.41, 5.74) is 7.73. The summed E-state index contributed by atoms with van der Waals surface area (Å²) >= 11 is 0. The minimum atomic E-state index is 0. The van der Waals surface area contributed by atoms with Crippen molar-refractivity contribution in [1.82, 2.24) is 4.90 Å². The molecule has 0 amide bonds. The molecule has 108 valence electrons. The van der Waals surface area contributed by atoms with Crippen LogP contribution in [0.25, 0.3) is 0 Å². The molecule has 2 rings (SSSR count). The van der Waals surface area contributed by atoms with Crippen molar-refractivity contribution in [3.05, 3.63) is 24.3 Å². The number of nitrogen functional groups attached to an aromatic ring is 1. The summed E-state index contributed by atoms with van der Waals surface area (Å²) in [6, 6.07) is 8.28. The quantitative estimate of drug-likeness (QED) is 0.822. The zero-order valence-corrected chi connectivity index (χ0v) is 12.4. The molecule has 1 saturated heterocycles. The normalized spacial score (nSPS) is 20.4. The van der Waals surface area contributed by atoms with Crippen molar-refractivity contribution in [1.29, 1.82) is 0 Å². The van der Waals surface area contributed by atoms with Crippen molar-refractivity contribution in [2.45, 2.75) is 12.5 Å². The Morgan fingerprint density at radius 3 is 2.53 bits per heavy atom. The minimum Gasteiger partial charge on any atom is -0.399 e. The molecule has 0 spiro atoms. The van der Waals surface area contributed by atoms with Crippen LogP contribution < -0.4 is 10.6 Å². The molecule has 1 aromatic carbocycles. The molecular weight excluding hydrogens is 262 g/mol. The lowest BCUT2D eigenvalue weighted by atomic mass is 9.99. The number of halogens is 1. The number of likely N-dealkylation sites (N-methyl/N-ethyl adjacent to an activating group) is 1. The first-order chi connectivity index (χ1) is 8.61. The molecule has 1 aliphatic rings. The highest BCUT2D eigenvalue weighted by Crippen LogP contribution is 2.27. The molecule has 2 atom stereocenters. The van der Waals surface area contributed by atoms with Crippen LogP contribution in [0.5, 0.6) is 0 Å². The van der Waals surface area contributed by atoms with E-state index in [0.717, 1.165) is 25.2 Å².